The van der Waals surface area contributed by atoms with Gasteiger partial charge in [-0.15, -0.1) is 6.58 Å². The van der Waals surface area contributed by atoms with E-state index in [4.69, 9.17) is 74.3 Å². The molecule has 12 heteroatoms. The third-order valence-corrected chi connectivity index (χ3v) is 5.13. The number of hydrogen-bond acceptors (Lipinski definition) is 4. The Labute approximate surface area is 199 Å². The van der Waals surface area contributed by atoms with E-state index in [1.807, 2.05) is 0 Å². The quantitative estimate of drug-likeness (QED) is 0.350. The number of carbonyl (C=O) groups is 3. The van der Waals surface area contributed by atoms with Gasteiger partial charge < -0.3 is 10.1 Å². The summed E-state index contributed by atoms with van der Waals surface area (Å²) in [4.78, 5) is 38.6. The Bertz CT molecular complexity index is 672. The van der Waals surface area contributed by atoms with Gasteiger partial charge in [-0.1, -0.05) is 75.7 Å². The van der Waals surface area contributed by atoms with Crippen molar-refractivity contribution in [2.24, 2.45) is 0 Å². The van der Waals surface area contributed by atoms with Crippen LogP contribution in [0.1, 0.15) is 32.1 Å². The first-order valence-electron chi connectivity index (χ1n) is 8.45. The molecule has 0 aliphatic carbocycles. The van der Waals surface area contributed by atoms with E-state index in [0.717, 1.165) is 4.90 Å². The second-order valence-corrected chi connectivity index (χ2v) is 11.3. The van der Waals surface area contributed by atoms with Crippen molar-refractivity contribution in [2.45, 2.75) is 51.8 Å². The molecule has 0 saturated heterocycles. The Hall–Kier alpha value is -0.370. The summed E-state index contributed by atoms with van der Waals surface area (Å²) in [5.41, 5.74) is 0. The molecule has 3 amide bonds. The highest BCUT2D eigenvalue weighted by molar-refractivity contribution is 6.67. The van der Waals surface area contributed by atoms with Gasteiger partial charge in [0.15, 0.2) is 7.59 Å². The van der Waals surface area contributed by atoms with Crippen molar-refractivity contribution in [3.05, 3.63) is 24.5 Å². The number of alkyl halides is 6. The second-order valence-electron chi connectivity index (χ2n) is 6.23. The Morgan fingerprint density at radius 2 is 1.83 bits per heavy atom. The molecule has 6 nitrogen and oxygen atoms in total. The first kappa shape index (κ1) is 26.7. The monoisotopic (exact) mass is 526 g/mol. The van der Waals surface area contributed by atoms with Crippen LogP contribution in [-0.4, -0.2) is 49.4 Å². The molecule has 1 N–H and O–H groups in total. The lowest BCUT2D eigenvalue weighted by Gasteiger charge is -2.30. The smallest absolute Gasteiger partial charge is 0.257 e. The van der Waals surface area contributed by atoms with Crippen LogP contribution >= 0.6 is 69.6 Å². The predicted molar refractivity (Wildman–Crippen MR) is 117 cm³/mol. The molecule has 0 aromatic heterocycles. The number of methoxy groups -OCH3 is 1. The van der Waals surface area contributed by atoms with E-state index in [1.165, 1.54) is 19.3 Å². The zero-order chi connectivity index (χ0) is 22.4. The van der Waals surface area contributed by atoms with Gasteiger partial charge in [-0.3, -0.25) is 19.3 Å². The van der Waals surface area contributed by atoms with Gasteiger partial charge in [-0.05, 0) is 25.7 Å². The van der Waals surface area contributed by atoms with E-state index in [2.05, 4.69) is 11.9 Å². The fourth-order valence-electron chi connectivity index (χ4n) is 2.71. The molecule has 0 spiro atoms. The molecule has 0 fully saturated rings. The van der Waals surface area contributed by atoms with Crippen LogP contribution < -0.4 is 5.32 Å². The fourth-order valence-corrected chi connectivity index (χ4v) is 3.37. The van der Waals surface area contributed by atoms with Gasteiger partial charge in [0.2, 0.25) is 5.91 Å². The van der Waals surface area contributed by atoms with Crippen molar-refractivity contribution in [1.29, 1.82) is 0 Å². The van der Waals surface area contributed by atoms with Crippen molar-refractivity contribution >= 4 is 87.3 Å². The first-order valence-corrected chi connectivity index (χ1v) is 10.7. The Balaban J connectivity index is 3.09. The fraction of sp³-hybridized carbons (Fsp3) is 0.588. The molecular weight excluding hydrogens is 509 g/mol. The molecule has 1 aliphatic heterocycles. The highest BCUT2D eigenvalue weighted by Crippen LogP contribution is 2.36. The normalized spacial score (nSPS) is 18.3. The third kappa shape index (κ3) is 9.11. The van der Waals surface area contributed by atoms with E-state index >= 15 is 0 Å². The predicted octanol–water partition coefficient (Wildman–Crippen LogP) is 4.62. The maximum Gasteiger partial charge on any atom is 0.257 e. The number of nitrogens with one attached hydrogen (secondary N) is 1. The number of hydrogen-bond donors (Lipinski definition) is 1. The van der Waals surface area contributed by atoms with Crippen LogP contribution in [0.25, 0.3) is 0 Å². The van der Waals surface area contributed by atoms with E-state index < -0.39 is 37.4 Å². The van der Waals surface area contributed by atoms with Crippen molar-refractivity contribution in [3.8, 4) is 0 Å². The second kappa shape index (κ2) is 11.3. The minimum absolute atomic E-state index is 0.0124. The molecule has 0 unspecified atom stereocenters. The van der Waals surface area contributed by atoms with E-state index in [9.17, 15) is 14.4 Å². The third-order valence-electron chi connectivity index (χ3n) is 4.00. The van der Waals surface area contributed by atoms with Gasteiger partial charge >= 0.3 is 0 Å². The minimum atomic E-state index is -1.64. The maximum absolute atomic E-state index is 13.2. The molecular formula is C17H20Cl6N2O4. The standard InChI is InChI=1S/C17H20Cl6N2O4/c1-3-4-13(26)24-10(5-7-16(18,19)20)15(28)25-11(6-8-17(21,22)23)12(29-2)9-14(25)27/h3,9-11H,1,4-8H2,2H3,(H,24,26)/t10-,11+/m0/s1. The van der Waals surface area contributed by atoms with Gasteiger partial charge in [0.05, 0.1) is 13.2 Å². The summed E-state index contributed by atoms with van der Waals surface area (Å²) in [7, 11) is 1.36. The molecule has 1 rings (SSSR count). The average molecular weight is 529 g/mol. The summed E-state index contributed by atoms with van der Waals surface area (Å²) < 4.78 is 1.99. The molecule has 0 aromatic carbocycles. The largest absolute Gasteiger partial charge is 0.499 e. The number of halogens is 6. The van der Waals surface area contributed by atoms with Crippen LogP contribution in [-0.2, 0) is 19.1 Å². The minimum Gasteiger partial charge on any atom is -0.499 e. The average Bonchev–Trinajstić information content (AvgIpc) is 2.90. The van der Waals surface area contributed by atoms with Crippen molar-refractivity contribution in [1.82, 2.24) is 10.2 Å². The van der Waals surface area contributed by atoms with Crippen LogP contribution in [0.5, 0.6) is 0 Å². The lowest BCUT2D eigenvalue weighted by molar-refractivity contribution is -0.146. The summed E-state index contributed by atoms with van der Waals surface area (Å²) >= 11 is 34.7. The Kier molecular flexibility index (Phi) is 10.4. The van der Waals surface area contributed by atoms with Crippen LogP contribution in [0.15, 0.2) is 24.5 Å². The van der Waals surface area contributed by atoms with Crippen LogP contribution in [0.4, 0.5) is 0 Å². The number of ether oxygens (including phenoxy) is 1. The molecule has 0 radical (unpaired) electrons. The van der Waals surface area contributed by atoms with Gasteiger partial charge in [0.25, 0.3) is 11.8 Å². The van der Waals surface area contributed by atoms with Crippen LogP contribution in [0.2, 0.25) is 0 Å². The van der Waals surface area contributed by atoms with E-state index in [0.29, 0.717) is 0 Å². The molecule has 2 atom stereocenters. The number of rotatable bonds is 9. The van der Waals surface area contributed by atoms with Crippen molar-refractivity contribution < 1.29 is 19.1 Å². The van der Waals surface area contributed by atoms with Crippen LogP contribution in [0, 0.1) is 0 Å². The molecule has 29 heavy (non-hydrogen) atoms. The summed E-state index contributed by atoms with van der Waals surface area (Å²) in [6, 6.07) is -1.90. The van der Waals surface area contributed by atoms with E-state index in [-0.39, 0.29) is 37.9 Å². The summed E-state index contributed by atoms with van der Waals surface area (Å²) in [6.45, 7) is 3.47. The summed E-state index contributed by atoms with van der Waals surface area (Å²) in [6.07, 6.45) is 2.69. The topological polar surface area (TPSA) is 75.7 Å². The van der Waals surface area contributed by atoms with Crippen molar-refractivity contribution in [2.75, 3.05) is 7.11 Å². The number of amides is 3. The Morgan fingerprint density at radius 3 is 2.31 bits per heavy atom. The van der Waals surface area contributed by atoms with E-state index in [1.54, 1.807) is 0 Å². The van der Waals surface area contributed by atoms with Crippen LogP contribution in [0.3, 0.4) is 0 Å². The highest BCUT2D eigenvalue weighted by atomic mass is 35.6. The molecule has 0 bridgehead atoms. The first-order chi connectivity index (χ1) is 13.3. The molecule has 1 heterocycles. The van der Waals surface area contributed by atoms with Gasteiger partial charge in [-0.2, -0.15) is 0 Å². The summed E-state index contributed by atoms with van der Waals surface area (Å²) in [5, 5.41) is 2.54. The van der Waals surface area contributed by atoms with Gasteiger partial charge in [0, 0.05) is 12.5 Å². The maximum atomic E-state index is 13.2. The lowest BCUT2D eigenvalue weighted by Crippen LogP contribution is -2.52. The number of nitrogens with zero attached hydrogens (tertiary/aromatic N) is 1. The van der Waals surface area contributed by atoms with Crippen molar-refractivity contribution in [3.63, 3.8) is 0 Å². The lowest BCUT2D eigenvalue weighted by atomic mass is 10.1. The molecule has 0 aromatic rings. The highest BCUT2D eigenvalue weighted by Gasteiger charge is 2.42. The zero-order valence-corrected chi connectivity index (χ0v) is 19.9. The molecule has 1 aliphatic rings. The molecule has 0 saturated carbocycles. The van der Waals surface area contributed by atoms with Gasteiger partial charge in [0.1, 0.15) is 11.8 Å². The SMILES string of the molecule is C=CCC(=O)N[C@@H](CCC(Cl)(Cl)Cl)C(=O)N1C(=O)C=C(OC)[C@H]1CCC(Cl)(Cl)Cl. The number of imide groups is 1. The number of carbonyl (C=O) groups excluding carboxylic acids is 3. The molecule has 164 valence electrons. The van der Waals surface area contributed by atoms with Gasteiger partial charge in [-0.25, -0.2) is 0 Å². The Morgan fingerprint density at radius 1 is 1.24 bits per heavy atom. The zero-order valence-electron chi connectivity index (χ0n) is 15.4. The summed E-state index contributed by atoms with van der Waals surface area (Å²) in [5.74, 6) is -1.51.